The van der Waals surface area contributed by atoms with Gasteiger partial charge < -0.3 is 4.90 Å². The summed E-state index contributed by atoms with van der Waals surface area (Å²) in [5.41, 5.74) is 3.19. The first-order chi connectivity index (χ1) is 10.3. The molecule has 2 N–H and O–H groups in total. The Morgan fingerprint density at radius 2 is 1.91 bits per heavy atom. The van der Waals surface area contributed by atoms with Gasteiger partial charge in [-0.25, -0.2) is 5.48 Å². The molecule has 1 aromatic carbocycles. The maximum atomic E-state index is 12.9. The minimum Gasteiger partial charge on any atom is -0.330 e. The summed E-state index contributed by atoms with van der Waals surface area (Å²) >= 11 is 0. The van der Waals surface area contributed by atoms with Gasteiger partial charge in [0.15, 0.2) is 0 Å². The van der Waals surface area contributed by atoms with Crippen molar-refractivity contribution in [2.75, 3.05) is 6.54 Å². The van der Waals surface area contributed by atoms with Crippen LogP contribution in [-0.2, 0) is 15.0 Å². The Morgan fingerprint density at radius 1 is 1.32 bits per heavy atom. The van der Waals surface area contributed by atoms with Crippen LogP contribution in [0.5, 0.6) is 0 Å². The van der Waals surface area contributed by atoms with Gasteiger partial charge in [0.2, 0.25) is 5.91 Å². The van der Waals surface area contributed by atoms with E-state index in [0.717, 1.165) is 11.1 Å². The van der Waals surface area contributed by atoms with Crippen molar-refractivity contribution < 1.29 is 14.8 Å². The van der Waals surface area contributed by atoms with E-state index >= 15 is 0 Å². The number of hydrogen-bond acceptors (Lipinski definition) is 3. The van der Waals surface area contributed by atoms with Crippen molar-refractivity contribution in [1.82, 2.24) is 10.4 Å². The Bertz CT molecular complexity index is 568. The number of carbonyl (C=O) groups is 2. The number of benzene rings is 1. The summed E-state index contributed by atoms with van der Waals surface area (Å²) in [4.78, 5) is 26.5. The molecule has 5 nitrogen and oxygen atoms in total. The molecule has 1 aliphatic rings. The van der Waals surface area contributed by atoms with Crippen LogP contribution >= 0.6 is 0 Å². The topological polar surface area (TPSA) is 69.6 Å². The zero-order chi connectivity index (χ0) is 16.5. The third-order valence-corrected chi connectivity index (χ3v) is 4.62. The molecule has 22 heavy (non-hydrogen) atoms. The second-order valence-corrected chi connectivity index (χ2v) is 6.61. The highest BCUT2D eigenvalue weighted by Crippen LogP contribution is 2.37. The van der Waals surface area contributed by atoms with E-state index in [4.69, 9.17) is 5.21 Å². The van der Waals surface area contributed by atoms with Gasteiger partial charge in [-0.05, 0) is 31.7 Å². The number of rotatable bonds is 4. The second kappa shape index (κ2) is 6.08. The maximum absolute atomic E-state index is 12.9. The first-order valence-corrected chi connectivity index (χ1v) is 7.63. The lowest BCUT2D eigenvalue weighted by Crippen LogP contribution is -2.51. The van der Waals surface area contributed by atoms with Gasteiger partial charge in [0.25, 0.3) is 5.91 Å². The zero-order valence-electron chi connectivity index (χ0n) is 13.6. The molecule has 1 aliphatic heterocycles. The van der Waals surface area contributed by atoms with Crippen LogP contribution in [0.15, 0.2) is 24.3 Å². The summed E-state index contributed by atoms with van der Waals surface area (Å²) in [6.07, 6.45) is 0.664. The lowest BCUT2D eigenvalue weighted by atomic mass is 9.80. The van der Waals surface area contributed by atoms with Gasteiger partial charge in [0, 0.05) is 6.54 Å². The van der Waals surface area contributed by atoms with Crippen LogP contribution < -0.4 is 5.48 Å². The van der Waals surface area contributed by atoms with Crippen molar-refractivity contribution in [3.63, 3.8) is 0 Å². The quantitative estimate of drug-likeness (QED) is 0.660. The number of carbonyl (C=O) groups excluding carboxylic acids is 2. The number of likely N-dealkylation sites (tertiary alicyclic amines) is 1. The molecule has 0 aliphatic carbocycles. The molecular formula is C17H24N2O3. The normalized spacial score (nSPS) is 23.0. The van der Waals surface area contributed by atoms with Crippen LogP contribution in [-0.4, -0.2) is 34.5 Å². The molecule has 1 aromatic rings. The lowest BCUT2D eigenvalue weighted by Gasteiger charge is -2.31. The lowest BCUT2D eigenvalue weighted by molar-refractivity contribution is -0.145. The maximum Gasteiger partial charge on any atom is 0.266 e. The van der Waals surface area contributed by atoms with Crippen LogP contribution in [0.4, 0.5) is 0 Å². The van der Waals surface area contributed by atoms with Crippen LogP contribution in [0.2, 0.25) is 0 Å². The largest absolute Gasteiger partial charge is 0.330 e. The molecule has 0 spiro atoms. The van der Waals surface area contributed by atoms with Crippen LogP contribution in [0.1, 0.15) is 38.3 Å². The van der Waals surface area contributed by atoms with E-state index in [1.54, 1.807) is 10.4 Å². The summed E-state index contributed by atoms with van der Waals surface area (Å²) < 4.78 is 0. The van der Waals surface area contributed by atoms with E-state index < -0.39 is 17.4 Å². The average Bonchev–Trinajstić information content (AvgIpc) is 2.77. The molecule has 120 valence electrons. The van der Waals surface area contributed by atoms with Gasteiger partial charge in [-0.2, -0.15) is 0 Å². The number of hydroxylamine groups is 1. The summed E-state index contributed by atoms with van der Waals surface area (Å²) in [5.74, 6) is -0.661. The van der Waals surface area contributed by atoms with Crippen molar-refractivity contribution >= 4 is 11.8 Å². The van der Waals surface area contributed by atoms with E-state index in [0.29, 0.717) is 13.0 Å². The van der Waals surface area contributed by atoms with Crippen molar-refractivity contribution in [2.24, 2.45) is 5.92 Å². The predicted molar refractivity (Wildman–Crippen MR) is 83.4 cm³/mol. The van der Waals surface area contributed by atoms with Gasteiger partial charge in [0.1, 0.15) is 6.04 Å². The second-order valence-electron chi connectivity index (χ2n) is 6.61. The van der Waals surface area contributed by atoms with E-state index in [-0.39, 0.29) is 11.8 Å². The van der Waals surface area contributed by atoms with Crippen LogP contribution in [0.3, 0.4) is 0 Å². The van der Waals surface area contributed by atoms with Gasteiger partial charge in [0.05, 0.1) is 5.41 Å². The highest BCUT2D eigenvalue weighted by Gasteiger charge is 2.48. The van der Waals surface area contributed by atoms with E-state index in [2.05, 4.69) is 0 Å². The van der Waals surface area contributed by atoms with E-state index in [9.17, 15) is 9.59 Å². The molecule has 2 atom stereocenters. The minimum absolute atomic E-state index is 0.0568. The van der Waals surface area contributed by atoms with Crippen LogP contribution in [0.25, 0.3) is 0 Å². The highest BCUT2D eigenvalue weighted by molar-refractivity contribution is 5.94. The molecular weight excluding hydrogens is 280 g/mol. The molecule has 0 bridgehead atoms. The molecule has 2 unspecified atom stereocenters. The van der Waals surface area contributed by atoms with Gasteiger partial charge in [-0.1, -0.05) is 43.7 Å². The molecule has 2 rings (SSSR count). The molecule has 0 saturated carbocycles. The first-order valence-electron chi connectivity index (χ1n) is 7.63. The fourth-order valence-electron chi connectivity index (χ4n) is 3.19. The molecule has 1 saturated heterocycles. The summed E-state index contributed by atoms with van der Waals surface area (Å²) in [6, 6.07) is 7.30. The fraction of sp³-hybridized carbons (Fsp3) is 0.529. The Kier molecular flexibility index (Phi) is 4.56. The predicted octanol–water partition coefficient (Wildman–Crippen LogP) is 2.02. The molecule has 5 heteroatoms. The summed E-state index contributed by atoms with van der Waals surface area (Å²) in [5, 5.41) is 8.94. The van der Waals surface area contributed by atoms with Crippen molar-refractivity contribution in [1.29, 1.82) is 0 Å². The van der Waals surface area contributed by atoms with Crippen molar-refractivity contribution in [3.8, 4) is 0 Å². The van der Waals surface area contributed by atoms with Crippen molar-refractivity contribution in [2.45, 2.75) is 45.6 Å². The Morgan fingerprint density at radius 3 is 2.41 bits per heavy atom. The van der Waals surface area contributed by atoms with Gasteiger partial charge >= 0.3 is 0 Å². The number of aryl methyl sites for hydroxylation is 1. The summed E-state index contributed by atoms with van der Waals surface area (Å²) in [7, 11) is 0. The SMILES string of the molecule is Cc1ccc(C2(C)CCN(C(C(=O)NO)C(C)C)C2=O)cc1. The van der Waals surface area contributed by atoms with E-state index in [1.807, 2.05) is 52.0 Å². The standard InChI is InChI=1S/C17H24N2O3/c1-11(2)14(15(20)18-22)19-10-9-17(4,16(19)21)13-7-5-12(3)6-8-13/h5-8,11,14,22H,9-10H2,1-4H3,(H,18,20). The summed E-state index contributed by atoms with van der Waals surface area (Å²) in [6.45, 7) is 8.19. The Labute approximate surface area is 131 Å². The third kappa shape index (κ3) is 2.73. The van der Waals surface area contributed by atoms with Gasteiger partial charge in [-0.15, -0.1) is 0 Å². The zero-order valence-corrected chi connectivity index (χ0v) is 13.6. The highest BCUT2D eigenvalue weighted by atomic mass is 16.5. The average molecular weight is 304 g/mol. The smallest absolute Gasteiger partial charge is 0.266 e. The van der Waals surface area contributed by atoms with Crippen molar-refractivity contribution in [3.05, 3.63) is 35.4 Å². The monoisotopic (exact) mass is 304 g/mol. The molecule has 2 amide bonds. The molecule has 0 aromatic heterocycles. The Hall–Kier alpha value is -1.88. The molecule has 0 radical (unpaired) electrons. The van der Waals surface area contributed by atoms with Crippen LogP contribution in [0, 0.1) is 12.8 Å². The fourth-order valence-corrected chi connectivity index (χ4v) is 3.19. The Balaban J connectivity index is 2.31. The molecule has 1 fully saturated rings. The minimum atomic E-state index is -0.648. The first kappa shape index (κ1) is 16.5. The third-order valence-electron chi connectivity index (χ3n) is 4.62. The van der Waals surface area contributed by atoms with Gasteiger partial charge in [-0.3, -0.25) is 14.8 Å². The number of hydrogen-bond donors (Lipinski definition) is 2. The van der Waals surface area contributed by atoms with E-state index in [1.165, 1.54) is 0 Å². The number of nitrogens with zero attached hydrogens (tertiary/aromatic N) is 1. The molecule has 1 heterocycles. The number of amides is 2. The number of nitrogens with one attached hydrogen (secondary N) is 1.